The molecule has 1 nitrogen and oxygen atoms in total. The first-order valence-corrected chi connectivity index (χ1v) is 8.13. The summed E-state index contributed by atoms with van der Waals surface area (Å²) in [5, 5.41) is 0. The van der Waals surface area contributed by atoms with Gasteiger partial charge in [0.2, 0.25) is 0 Å². The Balaban J connectivity index is 2.54. The number of allylic oxidation sites excluding steroid dienone is 5. The van der Waals surface area contributed by atoms with Gasteiger partial charge in [0.05, 0.1) is 0 Å². The summed E-state index contributed by atoms with van der Waals surface area (Å²) in [5.41, 5.74) is 2.73. The van der Waals surface area contributed by atoms with Crippen LogP contribution in [0.4, 0.5) is 0 Å². The fourth-order valence-corrected chi connectivity index (χ4v) is 3.82. The van der Waals surface area contributed by atoms with E-state index in [0.717, 1.165) is 19.4 Å². The first-order chi connectivity index (χ1) is 9.75. The van der Waals surface area contributed by atoms with Crippen molar-refractivity contribution in [2.45, 2.75) is 60.0 Å². The van der Waals surface area contributed by atoms with Crippen molar-refractivity contribution >= 4 is 0 Å². The highest BCUT2D eigenvalue weighted by Crippen LogP contribution is 2.54. The summed E-state index contributed by atoms with van der Waals surface area (Å²) in [6.45, 7) is 14.4. The standard InChI is InChI=1S/C20H30O/c1-7-21-20(19(5,6)16-12-8-9-13-16)15-11-10-14-17(20)18(2,3)4/h8-12,14H,7,13,15H2,1-6H3. The van der Waals surface area contributed by atoms with Crippen LogP contribution in [-0.2, 0) is 4.74 Å². The molecule has 1 unspecified atom stereocenters. The van der Waals surface area contributed by atoms with E-state index < -0.39 is 0 Å². The molecule has 0 aromatic carbocycles. The Morgan fingerprint density at radius 2 is 1.71 bits per heavy atom. The maximum atomic E-state index is 6.50. The Labute approximate surface area is 130 Å². The summed E-state index contributed by atoms with van der Waals surface area (Å²) < 4.78 is 6.50. The van der Waals surface area contributed by atoms with Crippen LogP contribution >= 0.6 is 0 Å². The van der Waals surface area contributed by atoms with E-state index in [1.807, 2.05) is 0 Å². The van der Waals surface area contributed by atoms with Gasteiger partial charge in [-0.15, -0.1) is 0 Å². The molecule has 2 aliphatic carbocycles. The molecule has 2 aliphatic rings. The van der Waals surface area contributed by atoms with E-state index in [4.69, 9.17) is 4.74 Å². The number of hydrogen-bond acceptors (Lipinski definition) is 1. The second-order valence-electron chi connectivity index (χ2n) is 7.67. The molecule has 0 bridgehead atoms. The SMILES string of the molecule is CCOC1(C(C)(C)C2=CC=CC2)CC=CC=C1C(C)(C)C. The third kappa shape index (κ3) is 2.68. The molecule has 0 fully saturated rings. The monoisotopic (exact) mass is 286 g/mol. The van der Waals surface area contributed by atoms with Gasteiger partial charge in [-0.25, -0.2) is 0 Å². The Bertz CT molecular complexity index is 508. The van der Waals surface area contributed by atoms with Crippen molar-refractivity contribution in [1.82, 2.24) is 0 Å². The average molecular weight is 286 g/mol. The molecule has 0 saturated carbocycles. The summed E-state index contributed by atoms with van der Waals surface area (Å²) in [6.07, 6.45) is 15.4. The number of ether oxygens (including phenoxy) is 1. The third-order valence-electron chi connectivity index (χ3n) is 5.02. The fourth-order valence-electron chi connectivity index (χ4n) is 3.82. The molecule has 0 aromatic rings. The van der Waals surface area contributed by atoms with Gasteiger partial charge in [-0.05, 0) is 30.8 Å². The molecular weight excluding hydrogens is 256 g/mol. The zero-order valence-corrected chi connectivity index (χ0v) is 14.5. The molecule has 21 heavy (non-hydrogen) atoms. The molecule has 0 radical (unpaired) electrons. The summed E-state index contributed by atoms with van der Waals surface area (Å²) in [7, 11) is 0. The molecule has 2 rings (SSSR count). The second-order valence-corrected chi connectivity index (χ2v) is 7.67. The Hall–Kier alpha value is -1.08. The Kier molecular flexibility index (Phi) is 4.35. The van der Waals surface area contributed by atoms with E-state index in [-0.39, 0.29) is 16.4 Å². The Morgan fingerprint density at radius 3 is 2.24 bits per heavy atom. The Morgan fingerprint density at radius 1 is 1.05 bits per heavy atom. The van der Waals surface area contributed by atoms with Crippen LogP contribution in [0.25, 0.3) is 0 Å². The zero-order chi connectivity index (χ0) is 15.7. The van der Waals surface area contributed by atoms with Crippen LogP contribution in [0.1, 0.15) is 54.4 Å². The molecule has 116 valence electrons. The minimum Gasteiger partial charge on any atom is -0.370 e. The average Bonchev–Trinajstić information content (AvgIpc) is 2.92. The molecule has 0 N–H and O–H groups in total. The molecule has 0 spiro atoms. The van der Waals surface area contributed by atoms with Gasteiger partial charge in [0.25, 0.3) is 0 Å². The van der Waals surface area contributed by atoms with Crippen LogP contribution in [-0.4, -0.2) is 12.2 Å². The molecule has 0 saturated heterocycles. The summed E-state index contributed by atoms with van der Waals surface area (Å²) in [5.74, 6) is 0. The van der Waals surface area contributed by atoms with Crippen molar-refractivity contribution in [2.75, 3.05) is 6.61 Å². The molecule has 1 heteroatoms. The highest BCUT2D eigenvalue weighted by Gasteiger charge is 2.52. The first kappa shape index (κ1) is 16.3. The normalized spacial score (nSPS) is 26.0. The highest BCUT2D eigenvalue weighted by molar-refractivity contribution is 5.42. The predicted molar refractivity (Wildman–Crippen MR) is 91.3 cm³/mol. The molecule has 0 aromatic heterocycles. The van der Waals surface area contributed by atoms with Gasteiger partial charge in [-0.2, -0.15) is 0 Å². The van der Waals surface area contributed by atoms with Gasteiger partial charge in [0.15, 0.2) is 0 Å². The van der Waals surface area contributed by atoms with Crippen molar-refractivity contribution in [3.8, 4) is 0 Å². The molecule has 0 aliphatic heterocycles. The van der Waals surface area contributed by atoms with E-state index in [1.54, 1.807) is 0 Å². The third-order valence-corrected chi connectivity index (χ3v) is 5.02. The van der Waals surface area contributed by atoms with Crippen molar-refractivity contribution in [3.05, 3.63) is 47.6 Å². The van der Waals surface area contributed by atoms with E-state index in [2.05, 4.69) is 78.0 Å². The maximum absolute atomic E-state index is 6.50. The molecule has 1 atom stereocenters. The van der Waals surface area contributed by atoms with Gasteiger partial charge < -0.3 is 4.74 Å². The highest BCUT2D eigenvalue weighted by atomic mass is 16.5. The van der Waals surface area contributed by atoms with Crippen LogP contribution in [0.15, 0.2) is 47.6 Å². The van der Waals surface area contributed by atoms with Crippen molar-refractivity contribution in [1.29, 1.82) is 0 Å². The molecule has 0 amide bonds. The second kappa shape index (κ2) is 5.61. The predicted octanol–water partition coefficient (Wildman–Crippen LogP) is 5.61. The number of rotatable bonds is 4. The van der Waals surface area contributed by atoms with Crippen LogP contribution in [0.2, 0.25) is 0 Å². The van der Waals surface area contributed by atoms with E-state index in [9.17, 15) is 0 Å². The maximum Gasteiger partial charge on any atom is 0.102 e. The summed E-state index contributed by atoms with van der Waals surface area (Å²) in [6, 6.07) is 0. The van der Waals surface area contributed by atoms with E-state index in [0.29, 0.717) is 0 Å². The quantitative estimate of drug-likeness (QED) is 0.653. The van der Waals surface area contributed by atoms with Crippen molar-refractivity contribution < 1.29 is 4.74 Å². The van der Waals surface area contributed by atoms with Crippen molar-refractivity contribution in [3.63, 3.8) is 0 Å². The zero-order valence-electron chi connectivity index (χ0n) is 14.5. The van der Waals surface area contributed by atoms with Crippen LogP contribution in [0.3, 0.4) is 0 Å². The topological polar surface area (TPSA) is 9.23 Å². The lowest BCUT2D eigenvalue weighted by molar-refractivity contribution is -0.0864. The largest absolute Gasteiger partial charge is 0.370 e. The van der Waals surface area contributed by atoms with Crippen LogP contribution in [0, 0.1) is 10.8 Å². The summed E-state index contributed by atoms with van der Waals surface area (Å²) in [4.78, 5) is 0. The van der Waals surface area contributed by atoms with E-state index >= 15 is 0 Å². The van der Waals surface area contributed by atoms with Gasteiger partial charge in [0.1, 0.15) is 5.60 Å². The smallest absolute Gasteiger partial charge is 0.102 e. The number of hydrogen-bond donors (Lipinski definition) is 0. The van der Waals surface area contributed by atoms with Gasteiger partial charge >= 0.3 is 0 Å². The van der Waals surface area contributed by atoms with Crippen LogP contribution < -0.4 is 0 Å². The minimum absolute atomic E-state index is 0.0175. The van der Waals surface area contributed by atoms with Crippen molar-refractivity contribution in [2.24, 2.45) is 10.8 Å². The minimum atomic E-state index is -0.243. The van der Waals surface area contributed by atoms with Gasteiger partial charge in [-0.3, -0.25) is 0 Å². The summed E-state index contributed by atoms with van der Waals surface area (Å²) >= 11 is 0. The van der Waals surface area contributed by atoms with Gasteiger partial charge in [0, 0.05) is 12.0 Å². The molecule has 0 heterocycles. The lowest BCUT2D eigenvalue weighted by Crippen LogP contribution is -2.52. The molecular formula is C20H30O. The van der Waals surface area contributed by atoms with Gasteiger partial charge in [-0.1, -0.05) is 76.6 Å². The van der Waals surface area contributed by atoms with E-state index in [1.165, 1.54) is 11.1 Å². The lowest BCUT2D eigenvalue weighted by Gasteiger charge is -2.53. The lowest BCUT2D eigenvalue weighted by atomic mass is 9.58. The first-order valence-electron chi connectivity index (χ1n) is 8.13. The van der Waals surface area contributed by atoms with Crippen LogP contribution in [0.5, 0.6) is 0 Å². The fraction of sp³-hybridized carbons (Fsp3) is 0.600.